The monoisotopic (exact) mass is 523 g/mol. The summed E-state index contributed by atoms with van der Waals surface area (Å²) < 4.78 is 71.3. The molecular weight excluding hydrogens is 502 g/mol. The molecule has 2 unspecified atom stereocenters. The first-order valence-corrected chi connectivity index (χ1v) is 11.9. The van der Waals surface area contributed by atoms with Crippen LogP contribution in [0.1, 0.15) is 24.2 Å². The van der Waals surface area contributed by atoms with Crippen LogP contribution in [0.3, 0.4) is 0 Å². The fourth-order valence-electron chi connectivity index (χ4n) is 3.76. The highest BCUT2D eigenvalue weighted by atomic mass is 32.2. The molecule has 36 heavy (non-hydrogen) atoms. The molecule has 1 fully saturated rings. The number of carbonyl (C=O) groups is 1. The second-order valence-electron chi connectivity index (χ2n) is 7.89. The number of alkyl halides is 3. The van der Waals surface area contributed by atoms with E-state index in [9.17, 15) is 26.6 Å². The average molecular weight is 524 g/mol. The Labute approximate surface area is 206 Å². The molecule has 1 saturated heterocycles. The van der Waals surface area contributed by atoms with Crippen molar-refractivity contribution in [1.82, 2.24) is 24.6 Å². The molecular formula is C23H21F4N5O3S. The van der Waals surface area contributed by atoms with Gasteiger partial charge >= 0.3 is 6.18 Å². The molecule has 1 amide bonds. The molecule has 0 bridgehead atoms. The van der Waals surface area contributed by atoms with Crippen LogP contribution < -0.4 is 10.1 Å². The van der Waals surface area contributed by atoms with Gasteiger partial charge in [-0.15, -0.1) is 0 Å². The lowest BCUT2D eigenvalue weighted by atomic mass is 10.1. The number of ether oxygens (including phenoxy) is 1. The Kier molecular flexibility index (Phi) is 7.59. The predicted molar refractivity (Wildman–Crippen MR) is 121 cm³/mol. The van der Waals surface area contributed by atoms with Crippen molar-refractivity contribution < 1.29 is 31.3 Å². The molecule has 2 atom stereocenters. The number of carbonyl (C=O) groups excluding carboxylic acids is 1. The highest BCUT2D eigenvalue weighted by Gasteiger charge is 2.35. The molecule has 3 heterocycles. The SMILES string of the molecule is COc1cnc(-c2cnc(C(F)(F)F)nc2)cc1CNC(=O)C1CCCN1S(=O)c1ccc(F)cc1. The van der Waals surface area contributed by atoms with Crippen LogP contribution in [0.2, 0.25) is 0 Å². The first kappa shape index (κ1) is 25.6. The van der Waals surface area contributed by atoms with E-state index < -0.39 is 34.8 Å². The van der Waals surface area contributed by atoms with Gasteiger partial charge in [-0.2, -0.15) is 13.2 Å². The second-order valence-corrected chi connectivity index (χ2v) is 9.33. The van der Waals surface area contributed by atoms with Crippen molar-refractivity contribution in [3.63, 3.8) is 0 Å². The van der Waals surface area contributed by atoms with Gasteiger partial charge in [0.05, 0.1) is 23.9 Å². The van der Waals surface area contributed by atoms with Gasteiger partial charge in [0.2, 0.25) is 11.7 Å². The maximum Gasteiger partial charge on any atom is 0.451 e. The van der Waals surface area contributed by atoms with Gasteiger partial charge in [0.25, 0.3) is 0 Å². The highest BCUT2D eigenvalue weighted by molar-refractivity contribution is 7.82. The van der Waals surface area contributed by atoms with E-state index in [2.05, 4.69) is 20.3 Å². The van der Waals surface area contributed by atoms with Gasteiger partial charge in [0, 0.05) is 36.6 Å². The van der Waals surface area contributed by atoms with E-state index in [1.807, 2.05) is 0 Å². The maximum atomic E-state index is 13.2. The van der Waals surface area contributed by atoms with Crippen LogP contribution in [0.4, 0.5) is 17.6 Å². The number of nitrogens with zero attached hydrogens (tertiary/aromatic N) is 4. The van der Waals surface area contributed by atoms with Crippen molar-refractivity contribution in [1.29, 1.82) is 0 Å². The summed E-state index contributed by atoms with van der Waals surface area (Å²) in [5, 5.41) is 2.81. The summed E-state index contributed by atoms with van der Waals surface area (Å²) in [5.74, 6) is -1.68. The molecule has 3 aromatic rings. The van der Waals surface area contributed by atoms with E-state index in [4.69, 9.17) is 4.74 Å². The Bertz CT molecular complexity index is 1260. The quantitative estimate of drug-likeness (QED) is 0.476. The van der Waals surface area contributed by atoms with E-state index >= 15 is 0 Å². The zero-order valence-electron chi connectivity index (χ0n) is 19.0. The van der Waals surface area contributed by atoms with E-state index in [1.165, 1.54) is 37.6 Å². The van der Waals surface area contributed by atoms with Gasteiger partial charge in [0.1, 0.15) is 28.6 Å². The van der Waals surface area contributed by atoms with E-state index in [-0.39, 0.29) is 18.0 Å². The Hall–Kier alpha value is -3.45. The Morgan fingerprint density at radius 2 is 1.86 bits per heavy atom. The first-order valence-electron chi connectivity index (χ1n) is 10.8. The Morgan fingerprint density at radius 3 is 2.50 bits per heavy atom. The van der Waals surface area contributed by atoms with Crippen LogP contribution in [0.15, 0.2) is 53.8 Å². The van der Waals surface area contributed by atoms with Crippen LogP contribution in [0, 0.1) is 5.82 Å². The molecule has 13 heteroatoms. The lowest BCUT2D eigenvalue weighted by molar-refractivity contribution is -0.145. The topological polar surface area (TPSA) is 97.3 Å². The number of rotatable bonds is 7. The number of hydrogen-bond donors (Lipinski definition) is 1. The first-order chi connectivity index (χ1) is 17.2. The summed E-state index contributed by atoms with van der Waals surface area (Å²) in [6.45, 7) is 0.477. The zero-order chi connectivity index (χ0) is 25.9. The summed E-state index contributed by atoms with van der Waals surface area (Å²) >= 11 is 0. The normalized spacial score (nSPS) is 17.1. The minimum Gasteiger partial charge on any atom is -0.495 e. The Balaban J connectivity index is 1.47. The van der Waals surface area contributed by atoms with E-state index in [1.54, 1.807) is 10.4 Å². The molecule has 1 aliphatic heterocycles. The van der Waals surface area contributed by atoms with Gasteiger partial charge in [0.15, 0.2) is 0 Å². The third kappa shape index (κ3) is 5.68. The van der Waals surface area contributed by atoms with E-state index in [0.29, 0.717) is 41.3 Å². The van der Waals surface area contributed by atoms with Gasteiger partial charge in [-0.3, -0.25) is 9.78 Å². The molecule has 0 spiro atoms. The summed E-state index contributed by atoms with van der Waals surface area (Å²) in [5.41, 5.74) is 1.09. The highest BCUT2D eigenvalue weighted by Crippen LogP contribution is 2.28. The third-order valence-electron chi connectivity index (χ3n) is 5.56. The lowest BCUT2D eigenvalue weighted by Gasteiger charge is -2.22. The van der Waals surface area contributed by atoms with Crippen molar-refractivity contribution in [2.75, 3.05) is 13.7 Å². The minimum absolute atomic E-state index is 0.0343. The van der Waals surface area contributed by atoms with Crippen molar-refractivity contribution in [2.45, 2.75) is 36.5 Å². The van der Waals surface area contributed by atoms with Crippen LogP contribution >= 0.6 is 0 Å². The molecule has 190 valence electrons. The Morgan fingerprint density at radius 1 is 1.17 bits per heavy atom. The number of benzene rings is 1. The van der Waals surface area contributed by atoms with Crippen LogP contribution in [-0.4, -0.2) is 49.1 Å². The number of amides is 1. The minimum atomic E-state index is -4.66. The number of nitrogens with one attached hydrogen (secondary N) is 1. The van der Waals surface area contributed by atoms with Gasteiger partial charge in [-0.05, 0) is 43.2 Å². The van der Waals surface area contributed by atoms with Gasteiger partial charge in [-0.25, -0.2) is 22.9 Å². The fourth-order valence-corrected chi connectivity index (χ4v) is 5.13. The number of aromatic nitrogens is 3. The summed E-state index contributed by atoms with van der Waals surface area (Å²) in [6.07, 6.45) is -0.0554. The van der Waals surface area contributed by atoms with Gasteiger partial charge in [-0.1, -0.05) is 0 Å². The molecule has 0 saturated carbocycles. The molecule has 0 aliphatic carbocycles. The molecule has 4 rings (SSSR count). The fraction of sp³-hybridized carbons (Fsp3) is 0.304. The number of hydrogen-bond acceptors (Lipinski definition) is 6. The summed E-state index contributed by atoms with van der Waals surface area (Å²) in [7, 11) is -0.207. The predicted octanol–water partition coefficient (Wildman–Crippen LogP) is 3.51. The second kappa shape index (κ2) is 10.7. The summed E-state index contributed by atoms with van der Waals surface area (Å²) in [6, 6.07) is 6.20. The number of halogens is 4. The lowest BCUT2D eigenvalue weighted by Crippen LogP contribution is -2.43. The van der Waals surface area contributed by atoms with Crippen molar-refractivity contribution in [2.24, 2.45) is 0 Å². The van der Waals surface area contributed by atoms with Crippen LogP contribution in [0.5, 0.6) is 5.75 Å². The largest absolute Gasteiger partial charge is 0.495 e. The average Bonchev–Trinajstić information content (AvgIpc) is 3.37. The molecule has 2 aromatic heterocycles. The smallest absolute Gasteiger partial charge is 0.451 e. The van der Waals surface area contributed by atoms with Gasteiger partial charge < -0.3 is 10.1 Å². The standard InChI is InChI=1S/C23H21F4N5O3S/c1-35-20-13-28-18(15-11-30-22(31-12-15)23(25,26)27)9-14(20)10-29-21(33)19-3-2-8-32(19)36(34)17-6-4-16(24)5-7-17/h4-7,9,11-13,19H,2-3,8,10H2,1H3,(H,29,33). The van der Waals surface area contributed by atoms with E-state index in [0.717, 1.165) is 12.4 Å². The molecule has 0 radical (unpaired) electrons. The number of methoxy groups -OCH3 is 1. The van der Waals surface area contributed by atoms with Crippen molar-refractivity contribution in [3.8, 4) is 17.0 Å². The van der Waals surface area contributed by atoms with Crippen LogP contribution in [0.25, 0.3) is 11.3 Å². The number of pyridine rings is 1. The molecule has 8 nitrogen and oxygen atoms in total. The zero-order valence-corrected chi connectivity index (χ0v) is 19.8. The van der Waals surface area contributed by atoms with Crippen molar-refractivity contribution >= 4 is 16.9 Å². The summed E-state index contributed by atoms with van der Waals surface area (Å²) in [4.78, 5) is 24.2. The van der Waals surface area contributed by atoms with Crippen LogP contribution in [-0.2, 0) is 28.5 Å². The third-order valence-corrected chi connectivity index (χ3v) is 7.10. The molecule has 1 N–H and O–H groups in total. The molecule has 1 aliphatic rings. The van der Waals surface area contributed by atoms with Crippen molar-refractivity contribution in [3.05, 3.63) is 66.1 Å². The maximum absolute atomic E-state index is 13.2. The molecule has 1 aromatic carbocycles.